The minimum Gasteiger partial charge on any atom is -0.391 e. The second kappa shape index (κ2) is 6.17. The number of hydrogen-bond acceptors (Lipinski definition) is 3. The Hall–Kier alpha value is -0.670. The van der Waals surface area contributed by atoms with Gasteiger partial charge in [-0.3, -0.25) is 4.79 Å². The van der Waals surface area contributed by atoms with Crippen LogP contribution >= 0.6 is 0 Å². The van der Waals surface area contributed by atoms with Gasteiger partial charge in [-0.2, -0.15) is 0 Å². The molecule has 4 aliphatic rings. The number of carbonyl (C=O) groups is 1. The Morgan fingerprint density at radius 3 is 2.58 bits per heavy atom. The molecule has 0 aromatic rings. The van der Waals surface area contributed by atoms with Crippen molar-refractivity contribution in [2.24, 2.45) is 34.5 Å². The van der Waals surface area contributed by atoms with Crippen LogP contribution in [0.15, 0.2) is 11.6 Å². The fourth-order valence-electron chi connectivity index (χ4n) is 7.88. The third kappa shape index (κ3) is 2.49. The quantitative estimate of drug-likeness (QED) is 0.756. The molecule has 3 saturated carbocycles. The number of Topliss-reactive ketones (excluding diaryl/α,β-unsaturated/α-hetero) is 1. The summed E-state index contributed by atoms with van der Waals surface area (Å²) in [6.07, 6.45) is 10.2. The molecule has 0 saturated heterocycles. The lowest BCUT2D eigenvalue weighted by atomic mass is 9.47. The first kappa shape index (κ1) is 18.7. The molecule has 3 heteroatoms. The van der Waals surface area contributed by atoms with Gasteiger partial charge in [-0.05, 0) is 94.5 Å². The van der Waals surface area contributed by atoms with Crippen LogP contribution in [0.5, 0.6) is 0 Å². The van der Waals surface area contributed by atoms with Crippen LogP contribution in [0.2, 0.25) is 0 Å². The highest BCUT2D eigenvalue weighted by molar-refractivity contribution is 5.79. The summed E-state index contributed by atoms with van der Waals surface area (Å²) < 4.78 is 0. The summed E-state index contributed by atoms with van der Waals surface area (Å²) >= 11 is 0. The molecule has 0 amide bonds. The molecule has 0 bridgehead atoms. The predicted molar refractivity (Wildman–Crippen MR) is 105 cm³/mol. The van der Waals surface area contributed by atoms with E-state index in [2.05, 4.69) is 38.9 Å². The first-order chi connectivity index (χ1) is 12.2. The number of fused-ring (bicyclic) bond motifs is 5. The van der Waals surface area contributed by atoms with Gasteiger partial charge in [0, 0.05) is 12.0 Å². The Morgan fingerprint density at radius 1 is 1.19 bits per heavy atom. The van der Waals surface area contributed by atoms with Gasteiger partial charge >= 0.3 is 0 Å². The van der Waals surface area contributed by atoms with E-state index in [0.29, 0.717) is 23.5 Å². The number of nitrogens with zero attached hydrogens (tertiary/aromatic N) is 1. The highest BCUT2D eigenvalue weighted by Crippen LogP contribution is 2.66. The van der Waals surface area contributed by atoms with Gasteiger partial charge in [0.15, 0.2) is 0 Å². The maximum atomic E-state index is 12.3. The number of hydrogen-bond donors (Lipinski definition) is 1. The number of allylic oxidation sites excluding steroid dienone is 1. The highest BCUT2D eigenvalue weighted by atomic mass is 16.3. The SMILES string of the molecule is CC(=O)[C@H]1CC[C@@H]2[C@@H]3CC=C4C[C@H](N(C)C)[C@H](O)C[C@]4(C)[C@H]3CC[C@]12C. The third-order valence-corrected chi connectivity index (χ3v) is 9.29. The van der Waals surface area contributed by atoms with E-state index in [4.69, 9.17) is 0 Å². The van der Waals surface area contributed by atoms with Crippen LogP contribution < -0.4 is 0 Å². The van der Waals surface area contributed by atoms with E-state index in [1.807, 2.05) is 6.92 Å². The predicted octanol–water partition coefficient (Wildman–Crippen LogP) is 4.06. The van der Waals surface area contributed by atoms with Crippen molar-refractivity contribution < 1.29 is 9.90 Å². The Labute approximate surface area is 159 Å². The van der Waals surface area contributed by atoms with Crippen molar-refractivity contribution >= 4 is 5.78 Å². The molecule has 8 atom stereocenters. The zero-order chi connectivity index (χ0) is 18.9. The van der Waals surface area contributed by atoms with Crippen molar-refractivity contribution in [2.75, 3.05) is 14.1 Å². The fraction of sp³-hybridized carbons (Fsp3) is 0.870. The summed E-state index contributed by atoms with van der Waals surface area (Å²) in [7, 11) is 4.18. The molecule has 26 heavy (non-hydrogen) atoms. The van der Waals surface area contributed by atoms with Gasteiger partial charge in [0.2, 0.25) is 0 Å². The average Bonchev–Trinajstić information content (AvgIpc) is 2.90. The Kier molecular flexibility index (Phi) is 4.43. The molecule has 0 aromatic heterocycles. The third-order valence-electron chi connectivity index (χ3n) is 9.29. The van der Waals surface area contributed by atoms with Crippen LogP contribution in [0.25, 0.3) is 0 Å². The summed E-state index contributed by atoms with van der Waals surface area (Å²) in [4.78, 5) is 14.4. The highest BCUT2D eigenvalue weighted by Gasteiger charge is 2.60. The van der Waals surface area contributed by atoms with Gasteiger partial charge in [-0.1, -0.05) is 25.5 Å². The summed E-state index contributed by atoms with van der Waals surface area (Å²) in [5.74, 6) is 2.77. The molecule has 0 heterocycles. The minimum atomic E-state index is -0.229. The van der Waals surface area contributed by atoms with E-state index >= 15 is 0 Å². The van der Waals surface area contributed by atoms with Crippen LogP contribution in [0.3, 0.4) is 0 Å². The molecule has 0 radical (unpaired) electrons. The summed E-state index contributed by atoms with van der Waals surface area (Å²) in [5, 5.41) is 10.9. The minimum absolute atomic E-state index is 0.157. The van der Waals surface area contributed by atoms with E-state index in [1.165, 1.54) is 25.7 Å². The van der Waals surface area contributed by atoms with Crippen LogP contribution in [0.1, 0.15) is 65.7 Å². The fourth-order valence-corrected chi connectivity index (χ4v) is 7.88. The Balaban J connectivity index is 1.64. The summed E-state index contributed by atoms with van der Waals surface area (Å²) in [6, 6.07) is 0.258. The van der Waals surface area contributed by atoms with Crippen LogP contribution in [-0.4, -0.2) is 42.0 Å². The number of likely N-dealkylation sites (N-methyl/N-ethyl adjacent to an activating group) is 1. The molecule has 1 N–H and O–H groups in total. The van der Waals surface area contributed by atoms with Gasteiger partial charge in [-0.25, -0.2) is 0 Å². The lowest BCUT2D eigenvalue weighted by molar-refractivity contribution is -0.127. The zero-order valence-electron chi connectivity index (χ0n) is 17.3. The number of ketones is 1. The normalized spacial score (nSPS) is 50.7. The number of rotatable bonds is 2. The van der Waals surface area contributed by atoms with Gasteiger partial charge in [0.05, 0.1) is 6.10 Å². The average molecular weight is 360 g/mol. The van der Waals surface area contributed by atoms with E-state index in [1.54, 1.807) is 5.57 Å². The first-order valence-electron chi connectivity index (χ1n) is 10.7. The molecule has 0 aliphatic heterocycles. The zero-order valence-corrected chi connectivity index (χ0v) is 17.3. The second-order valence-electron chi connectivity index (χ2n) is 10.6. The molecule has 0 spiro atoms. The lowest BCUT2D eigenvalue weighted by Gasteiger charge is -2.59. The molecule has 3 nitrogen and oxygen atoms in total. The molecule has 3 fully saturated rings. The van der Waals surface area contributed by atoms with Crippen LogP contribution in [0, 0.1) is 34.5 Å². The van der Waals surface area contributed by atoms with E-state index in [9.17, 15) is 9.90 Å². The van der Waals surface area contributed by atoms with Crippen molar-refractivity contribution in [3.05, 3.63) is 11.6 Å². The lowest BCUT2D eigenvalue weighted by Crippen LogP contribution is -2.55. The van der Waals surface area contributed by atoms with E-state index in [0.717, 1.165) is 19.3 Å². The maximum absolute atomic E-state index is 12.3. The molecule has 146 valence electrons. The number of aliphatic hydroxyl groups is 1. The largest absolute Gasteiger partial charge is 0.391 e. The van der Waals surface area contributed by atoms with Crippen molar-refractivity contribution in [3.8, 4) is 0 Å². The molecular weight excluding hydrogens is 322 g/mol. The maximum Gasteiger partial charge on any atom is 0.133 e. The number of aliphatic hydroxyl groups excluding tert-OH is 1. The Morgan fingerprint density at radius 2 is 1.92 bits per heavy atom. The van der Waals surface area contributed by atoms with E-state index in [-0.39, 0.29) is 28.9 Å². The van der Waals surface area contributed by atoms with Crippen molar-refractivity contribution in [2.45, 2.75) is 77.9 Å². The van der Waals surface area contributed by atoms with Crippen molar-refractivity contribution in [1.29, 1.82) is 0 Å². The van der Waals surface area contributed by atoms with Gasteiger partial charge < -0.3 is 10.0 Å². The number of carbonyl (C=O) groups excluding carboxylic acids is 1. The molecule has 0 aromatic carbocycles. The molecule has 0 unspecified atom stereocenters. The second-order valence-corrected chi connectivity index (χ2v) is 10.6. The first-order valence-corrected chi connectivity index (χ1v) is 10.7. The van der Waals surface area contributed by atoms with Gasteiger partial charge in [-0.15, -0.1) is 0 Å². The van der Waals surface area contributed by atoms with E-state index < -0.39 is 0 Å². The standard InChI is InChI=1S/C23H37NO2/c1-14(25)17-8-9-18-16-7-6-15-12-20(24(4)5)21(26)13-23(15,3)19(16)10-11-22(17,18)2/h6,16-21,26H,7-13H2,1-5H3/t16-,17+,18+,19-,20-,21+,22+,23-/m0/s1. The summed E-state index contributed by atoms with van der Waals surface area (Å²) in [6.45, 7) is 6.65. The molecular formula is C23H37NO2. The van der Waals surface area contributed by atoms with Gasteiger partial charge in [0.25, 0.3) is 0 Å². The Bertz CT molecular complexity index is 626. The monoisotopic (exact) mass is 359 g/mol. The van der Waals surface area contributed by atoms with Crippen molar-refractivity contribution in [1.82, 2.24) is 4.90 Å². The smallest absolute Gasteiger partial charge is 0.133 e. The molecule has 4 rings (SSSR count). The van der Waals surface area contributed by atoms with Gasteiger partial charge in [0.1, 0.15) is 5.78 Å². The van der Waals surface area contributed by atoms with Crippen LogP contribution in [0.4, 0.5) is 0 Å². The van der Waals surface area contributed by atoms with Crippen LogP contribution in [-0.2, 0) is 4.79 Å². The summed E-state index contributed by atoms with van der Waals surface area (Å²) in [5.41, 5.74) is 1.98. The topological polar surface area (TPSA) is 40.5 Å². The molecule has 4 aliphatic carbocycles. The van der Waals surface area contributed by atoms with Crippen molar-refractivity contribution in [3.63, 3.8) is 0 Å².